The molecule has 0 aromatic carbocycles. The number of hydrogen-bond acceptors (Lipinski definition) is 7. The number of halogens is 5. The third-order valence-electron chi connectivity index (χ3n) is 7.22. The summed E-state index contributed by atoms with van der Waals surface area (Å²) in [6, 6.07) is -1.42. The highest BCUT2D eigenvalue weighted by Gasteiger charge is 2.65. The van der Waals surface area contributed by atoms with Gasteiger partial charge in [-0.3, -0.25) is 4.79 Å². The minimum Gasteiger partial charge on any atom is -0.348 e. The van der Waals surface area contributed by atoms with Crippen LogP contribution in [0.15, 0.2) is 0 Å². The summed E-state index contributed by atoms with van der Waals surface area (Å²) in [5.41, 5.74) is -6.22. The van der Waals surface area contributed by atoms with Gasteiger partial charge in [0.25, 0.3) is 0 Å². The van der Waals surface area contributed by atoms with E-state index in [2.05, 4.69) is 0 Å². The molecular weight excluding hydrogens is 551 g/mol. The quantitative estimate of drug-likeness (QED) is 0.380. The van der Waals surface area contributed by atoms with Gasteiger partial charge in [-0.05, 0) is 32.6 Å². The van der Waals surface area contributed by atoms with E-state index in [4.69, 9.17) is 9.47 Å². The Labute approximate surface area is 213 Å². The second kappa shape index (κ2) is 11.2. The highest BCUT2D eigenvalue weighted by Crippen LogP contribution is 2.40. The van der Waals surface area contributed by atoms with E-state index in [1.807, 2.05) is 0 Å². The number of alkyl halides is 5. The molecule has 0 unspecified atom stereocenters. The summed E-state index contributed by atoms with van der Waals surface area (Å²) in [5.74, 6) is -3.88. The van der Waals surface area contributed by atoms with Crippen LogP contribution in [-0.4, -0.2) is 79.7 Å². The maximum absolute atomic E-state index is 15.6. The van der Waals surface area contributed by atoms with Gasteiger partial charge < -0.3 is 14.4 Å². The molecule has 16 heteroatoms. The Morgan fingerprint density at radius 3 is 1.65 bits per heavy atom. The Morgan fingerprint density at radius 1 is 0.811 bits per heavy atom. The van der Waals surface area contributed by atoms with E-state index in [9.17, 15) is 34.8 Å². The van der Waals surface area contributed by atoms with Crippen LogP contribution < -0.4 is 0 Å². The predicted molar refractivity (Wildman–Crippen MR) is 121 cm³/mol. The molecule has 1 saturated heterocycles. The van der Waals surface area contributed by atoms with E-state index >= 15 is 8.78 Å². The predicted octanol–water partition coefficient (Wildman–Crippen LogP) is 3.71. The summed E-state index contributed by atoms with van der Waals surface area (Å²) in [7, 11) is -13.5. The van der Waals surface area contributed by atoms with Crippen molar-refractivity contribution >= 4 is 26.0 Å². The summed E-state index contributed by atoms with van der Waals surface area (Å²) in [5, 5.41) is -5.46. The molecule has 0 N–H and O–H groups in total. The number of nitrogens with zero attached hydrogens (tertiary/aromatic N) is 2. The zero-order valence-corrected chi connectivity index (χ0v) is 22.1. The molecule has 0 spiro atoms. The van der Waals surface area contributed by atoms with Gasteiger partial charge in [-0.2, -0.15) is 22.0 Å². The van der Waals surface area contributed by atoms with Crippen LogP contribution in [0.25, 0.3) is 0 Å². The van der Waals surface area contributed by atoms with Gasteiger partial charge in [-0.25, -0.2) is 16.8 Å². The molecule has 0 aromatic heterocycles. The van der Waals surface area contributed by atoms with Crippen LogP contribution in [-0.2, 0) is 34.3 Å². The van der Waals surface area contributed by atoms with Crippen molar-refractivity contribution in [1.82, 2.24) is 8.61 Å². The van der Waals surface area contributed by atoms with Crippen LogP contribution in [0.4, 0.5) is 22.0 Å². The first-order chi connectivity index (χ1) is 17.0. The zero-order valence-electron chi connectivity index (χ0n) is 20.5. The summed E-state index contributed by atoms with van der Waals surface area (Å²) >= 11 is 0. The van der Waals surface area contributed by atoms with Gasteiger partial charge in [-0.15, -0.1) is 0 Å². The lowest BCUT2D eigenvalue weighted by atomic mass is 9.88. The van der Waals surface area contributed by atoms with Crippen LogP contribution >= 0.6 is 0 Å². The van der Waals surface area contributed by atoms with E-state index in [1.54, 1.807) is 0 Å². The zero-order chi connectivity index (χ0) is 27.7. The summed E-state index contributed by atoms with van der Waals surface area (Å²) in [6.07, 6.45) is 4.65. The number of amides is 1. The average molecular weight is 585 g/mol. The van der Waals surface area contributed by atoms with Crippen molar-refractivity contribution in [3.8, 4) is 0 Å². The maximum Gasteiger partial charge on any atom is 0.512 e. The molecular formula is C21H33F5N2O7S2. The molecule has 2 saturated carbocycles. The second-order valence-electron chi connectivity index (χ2n) is 9.85. The van der Waals surface area contributed by atoms with Crippen molar-refractivity contribution in [3.63, 3.8) is 0 Å². The number of sulfonamides is 2. The molecule has 1 amide bonds. The molecule has 1 heterocycles. The monoisotopic (exact) mass is 584 g/mol. The lowest BCUT2D eigenvalue weighted by molar-refractivity contribution is -0.154. The fourth-order valence-electron chi connectivity index (χ4n) is 5.22. The Hall–Kier alpha value is -1.10. The molecule has 0 atom stereocenters. The van der Waals surface area contributed by atoms with Gasteiger partial charge in [0.2, 0.25) is 0 Å². The van der Waals surface area contributed by atoms with Crippen LogP contribution in [0.2, 0.25) is 0 Å². The average Bonchev–Trinajstić information content (AvgIpc) is 3.26. The van der Waals surface area contributed by atoms with Gasteiger partial charge >= 0.3 is 36.7 Å². The first-order valence-electron chi connectivity index (χ1n) is 12.4. The minimum atomic E-state index is -6.82. The topological polar surface area (TPSA) is 110 Å². The highest BCUT2D eigenvalue weighted by molar-refractivity contribution is 8.05. The minimum absolute atomic E-state index is 0.0122. The summed E-state index contributed by atoms with van der Waals surface area (Å²) in [6.45, 7) is -0.373. The second-order valence-corrected chi connectivity index (χ2v) is 13.8. The molecule has 2 aliphatic carbocycles. The molecule has 3 fully saturated rings. The smallest absolute Gasteiger partial charge is 0.348 e. The highest BCUT2D eigenvalue weighted by atomic mass is 32.3. The van der Waals surface area contributed by atoms with Gasteiger partial charge in [0, 0.05) is 25.0 Å². The largest absolute Gasteiger partial charge is 0.512 e. The number of ether oxygens (including phenoxy) is 2. The molecule has 0 aromatic rings. The first-order valence-corrected chi connectivity index (χ1v) is 15.2. The van der Waals surface area contributed by atoms with E-state index < -0.39 is 71.3 Å². The van der Waals surface area contributed by atoms with Crippen molar-refractivity contribution in [1.29, 1.82) is 0 Å². The first kappa shape index (κ1) is 30.4. The Balaban J connectivity index is 2.00. The molecule has 37 heavy (non-hydrogen) atoms. The SMILES string of the molecule is CC1(CCN(S(=O)(=O)C(F)(F)F)S(=O)(=O)C(F)(F)C(=O)N(C2CCCCC2)C2CCCCC2)OCCO1. The maximum atomic E-state index is 15.6. The number of carbonyl (C=O) groups is 1. The van der Waals surface area contributed by atoms with E-state index in [0.29, 0.717) is 51.4 Å². The van der Waals surface area contributed by atoms with Gasteiger partial charge in [-0.1, -0.05) is 42.2 Å². The molecule has 3 rings (SSSR count). The van der Waals surface area contributed by atoms with Crippen LogP contribution in [0.5, 0.6) is 0 Å². The van der Waals surface area contributed by atoms with Gasteiger partial charge in [0.1, 0.15) is 0 Å². The van der Waals surface area contributed by atoms with Crippen LogP contribution in [0, 0.1) is 0 Å². The number of carbonyl (C=O) groups excluding carboxylic acids is 1. The Morgan fingerprint density at radius 2 is 1.24 bits per heavy atom. The van der Waals surface area contributed by atoms with E-state index in [-0.39, 0.29) is 13.2 Å². The fraction of sp³-hybridized carbons (Fsp3) is 0.952. The molecule has 3 aliphatic rings. The van der Waals surface area contributed by atoms with E-state index in [0.717, 1.165) is 17.7 Å². The van der Waals surface area contributed by atoms with Crippen molar-refractivity contribution < 1.29 is 53.1 Å². The van der Waals surface area contributed by atoms with Gasteiger partial charge in [0.05, 0.1) is 13.2 Å². The van der Waals surface area contributed by atoms with Crippen molar-refractivity contribution in [3.05, 3.63) is 0 Å². The van der Waals surface area contributed by atoms with Gasteiger partial charge in [0.15, 0.2) is 5.79 Å². The lowest BCUT2D eigenvalue weighted by Crippen LogP contribution is -2.60. The van der Waals surface area contributed by atoms with Crippen LogP contribution in [0.3, 0.4) is 0 Å². The third-order valence-corrected chi connectivity index (χ3v) is 11.2. The van der Waals surface area contributed by atoms with Crippen LogP contribution in [0.1, 0.15) is 77.6 Å². The molecule has 9 nitrogen and oxygen atoms in total. The molecule has 1 aliphatic heterocycles. The summed E-state index contributed by atoms with van der Waals surface area (Å²) in [4.78, 5) is 14.1. The summed E-state index contributed by atoms with van der Waals surface area (Å²) < 4.78 is 131. The fourth-order valence-corrected chi connectivity index (χ4v) is 8.26. The standard InChI is InChI=1S/C21H33F5N2O7S2/c1-19(34-14-15-35-19)12-13-27(37(32,33)21(24,25)26)36(30,31)20(22,23)18(29)28(16-8-4-2-5-9-16)17-10-6-3-7-11-17/h16-17H,2-15H2,1H3. The number of rotatable bonds is 9. The molecule has 216 valence electrons. The third kappa shape index (κ3) is 6.23. The molecule has 0 bridgehead atoms. The lowest BCUT2D eigenvalue weighted by Gasteiger charge is -2.43. The van der Waals surface area contributed by atoms with Crippen molar-refractivity contribution in [2.45, 2.75) is 106 Å². The number of hydrogen-bond donors (Lipinski definition) is 0. The Kier molecular flexibility index (Phi) is 9.20. The van der Waals surface area contributed by atoms with Crippen molar-refractivity contribution in [2.24, 2.45) is 0 Å². The van der Waals surface area contributed by atoms with E-state index in [1.165, 1.54) is 6.92 Å². The Bertz CT molecular complexity index is 1000. The normalized spacial score (nSPS) is 22.9. The molecule has 0 radical (unpaired) electrons. The van der Waals surface area contributed by atoms with Crippen molar-refractivity contribution in [2.75, 3.05) is 19.8 Å².